The molecule has 1 atom stereocenters. The molecule has 0 saturated carbocycles. The number of halogens is 1. The summed E-state index contributed by atoms with van der Waals surface area (Å²) in [5, 5.41) is 0. The minimum Gasteiger partial charge on any atom is -0.302 e. The SMILES string of the molecule is C[C@@](C=O)(c1ccc(Br)cc1)C(c1ccccc1)c1ccccc1. The van der Waals surface area contributed by atoms with Gasteiger partial charge in [0.1, 0.15) is 6.29 Å². The maximum Gasteiger partial charge on any atom is 0.131 e. The first kappa shape index (κ1) is 16.7. The van der Waals surface area contributed by atoms with Gasteiger partial charge in [-0.1, -0.05) is 88.7 Å². The molecular weight excluding hydrogens is 360 g/mol. The summed E-state index contributed by atoms with van der Waals surface area (Å²) in [6.45, 7) is 2.02. The second-order valence-corrected chi connectivity index (χ2v) is 7.08. The first-order valence-electron chi connectivity index (χ1n) is 7.97. The highest BCUT2D eigenvalue weighted by atomic mass is 79.9. The fourth-order valence-electron chi connectivity index (χ4n) is 3.29. The highest BCUT2D eigenvalue weighted by Crippen LogP contribution is 2.42. The quantitative estimate of drug-likeness (QED) is 0.517. The standard InChI is InChI=1S/C22H19BrO/c1-22(16-24,19-12-14-20(23)15-13-19)21(17-8-4-2-5-9-17)18-10-6-3-7-11-18/h2-16,21H,1H3/t22-/m1/s1. The van der Waals surface area contributed by atoms with E-state index in [-0.39, 0.29) is 5.92 Å². The van der Waals surface area contributed by atoms with Crippen LogP contribution in [0, 0.1) is 0 Å². The first-order valence-corrected chi connectivity index (χ1v) is 8.77. The molecule has 3 aromatic carbocycles. The van der Waals surface area contributed by atoms with Gasteiger partial charge in [0.05, 0.1) is 5.41 Å². The molecule has 0 fully saturated rings. The van der Waals surface area contributed by atoms with Gasteiger partial charge >= 0.3 is 0 Å². The Morgan fingerprint density at radius 3 is 1.67 bits per heavy atom. The van der Waals surface area contributed by atoms with E-state index in [1.165, 1.54) is 0 Å². The van der Waals surface area contributed by atoms with Crippen LogP contribution in [0.4, 0.5) is 0 Å². The van der Waals surface area contributed by atoms with Crippen molar-refractivity contribution >= 4 is 22.2 Å². The van der Waals surface area contributed by atoms with E-state index < -0.39 is 5.41 Å². The van der Waals surface area contributed by atoms with Crippen molar-refractivity contribution in [2.75, 3.05) is 0 Å². The highest BCUT2D eigenvalue weighted by Gasteiger charge is 2.37. The molecule has 0 bridgehead atoms. The summed E-state index contributed by atoms with van der Waals surface area (Å²) < 4.78 is 1.01. The summed E-state index contributed by atoms with van der Waals surface area (Å²) in [4.78, 5) is 12.3. The zero-order valence-electron chi connectivity index (χ0n) is 13.5. The summed E-state index contributed by atoms with van der Waals surface area (Å²) in [5.41, 5.74) is 2.64. The van der Waals surface area contributed by atoms with Gasteiger partial charge in [0.2, 0.25) is 0 Å². The van der Waals surface area contributed by atoms with Gasteiger partial charge in [0, 0.05) is 10.4 Å². The van der Waals surface area contributed by atoms with Crippen LogP contribution >= 0.6 is 15.9 Å². The van der Waals surface area contributed by atoms with Gasteiger partial charge in [-0.25, -0.2) is 0 Å². The second-order valence-electron chi connectivity index (χ2n) is 6.16. The molecule has 0 N–H and O–H groups in total. The number of carbonyl (C=O) groups excluding carboxylic acids is 1. The minimum absolute atomic E-state index is 0.0430. The number of rotatable bonds is 5. The van der Waals surface area contributed by atoms with Crippen LogP contribution in [0.15, 0.2) is 89.4 Å². The zero-order chi connectivity index (χ0) is 17.0. The number of hydrogen-bond donors (Lipinski definition) is 0. The molecule has 24 heavy (non-hydrogen) atoms. The van der Waals surface area contributed by atoms with Crippen LogP contribution < -0.4 is 0 Å². The topological polar surface area (TPSA) is 17.1 Å². The normalized spacial score (nSPS) is 13.5. The third-order valence-corrected chi connectivity index (χ3v) is 5.11. The van der Waals surface area contributed by atoms with Crippen molar-refractivity contribution in [2.24, 2.45) is 0 Å². The third-order valence-electron chi connectivity index (χ3n) is 4.58. The molecule has 0 amide bonds. The Kier molecular flexibility index (Phi) is 4.96. The van der Waals surface area contributed by atoms with E-state index in [0.717, 1.165) is 27.4 Å². The lowest BCUT2D eigenvalue weighted by Crippen LogP contribution is -2.33. The predicted molar refractivity (Wildman–Crippen MR) is 102 cm³/mol. The van der Waals surface area contributed by atoms with Gasteiger partial charge in [0.25, 0.3) is 0 Å². The Hall–Kier alpha value is -2.19. The Balaban J connectivity index is 2.19. The summed E-state index contributed by atoms with van der Waals surface area (Å²) in [7, 11) is 0. The molecule has 1 nitrogen and oxygen atoms in total. The summed E-state index contributed by atoms with van der Waals surface area (Å²) in [6, 6.07) is 28.5. The molecule has 0 aliphatic rings. The van der Waals surface area contributed by atoms with E-state index in [4.69, 9.17) is 0 Å². The molecule has 0 aliphatic carbocycles. The Morgan fingerprint density at radius 2 is 1.25 bits per heavy atom. The Morgan fingerprint density at radius 1 is 0.792 bits per heavy atom. The lowest BCUT2D eigenvalue weighted by molar-refractivity contribution is -0.112. The Bertz CT molecular complexity index is 757. The van der Waals surface area contributed by atoms with Crippen molar-refractivity contribution in [2.45, 2.75) is 18.3 Å². The van der Waals surface area contributed by atoms with E-state index >= 15 is 0 Å². The van der Waals surface area contributed by atoms with Gasteiger partial charge < -0.3 is 4.79 Å². The Labute approximate surface area is 151 Å². The second kappa shape index (κ2) is 7.14. The molecule has 0 aliphatic heterocycles. The molecule has 0 heterocycles. The maximum atomic E-state index is 12.3. The van der Waals surface area contributed by atoms with Crippen LogP contribution in [0.3, 0.4) is 0 Å². The van der Waals surface area contributed by atoms with E-state index in [9.17, 15) is 4.79 Å². The minimum atomic E-state index is -0.649. The summed E-state index contributed by atoms with van der Waals surface area (Å²) in [6.07, 6.45) is 1.08. The van der Waals surface area contributed by atoms with Gasteiger partial charge in [-0.3, -0.25) is 0 Å². The number of carbonyl (C=O) groups is 1. The molecule has 3 aromatic rings. The van der Waals surface area contributed by atoms with Crippen LogP contribution in [0.1, 0.15) is 29.5 Å². The first-order chi connectivity index (χ1) is 11.6. The third kappa shape index (κ3) is 3.20. The summed E-state index contributed by atoms with van der Waals surface area (Å²) in [5.74, 6) is -0.0430. The largest absolute Gasteiger partial charge is 0.302 e. The molecule has 0 saturated heterocycles. The van der Waals surface area contributed by atoms with Gasteiger partial charge in [-0.05, 0) is 35.7 Å². The molecule has 0 aromatic heterocycles. The van der Waals surface area contributed by atoms with Crippen molar-refractivity contribution in [3.05, 3.63) is 106 Å². The van der Waals surface area contributed by atoms with E-state index in [2.05, 4.69) is 40.2 Å². The fourth-order valence-corrected chi connectivity index (χ4v) is 3.55. The van der Waals surface area contributed by atoms with Gasteiger partial charge in [0.15, 0.2) is 0 Å². The van der Waals surface area contributed by atoms with Crippen molar-refractivity contribution in [1.29, 1.82) is 0 Å². The van der Waals surface area contributed by atoms with Crippen LogP contribution in [-0.2, 0) is 10.2 Å². The van der Waals surface area contributed by atoms with Crippen LogP contribution in [-0.4, -0.2) is 6.29 Å². The lowest BCUT2D eigenvalue weighted by atomic mass is 9.67. The number of aldehydes is 1. The van der Waals surface area contributed by atoms with Crippen molar-refractivity contribution in [1.82, 2.24) is 0 Å². The van der Waals surface area contributed by atoms with Crippen LogP contribution in [0.5, 0.6) is 0 Å². The van der Waals surface area contributed by atoms with E-state index in [0.29, 0.717) is 0 Å². The monoisotopic (exact) mass is 378 g/mol. The average molecular weight is 379 g/mol. The molecule has 0 radical (unpaired) electrons. The molecule has 3 rings (SSSR count). The van der Waals surface area contributed by atoms with Crippen molar-refractivity contribution in [3.63, 3.8) is 0 Å². The van der Waals surface area contributed by atoms with Crippen LogP contribution in [0.25, 0.3) is 0 Å². The number of hydrogen-bond acceptors (Lipinski definition) is 1. The summed E-state index contributed by atoms with van der Waals surface area (Å²) >= 11 is 3.47. The van der Waals surface area contributed by atoms with Crippen LogP contribution in [0.2, 0.25) is 0 Å². The molecule has 0 spiro atoms. The predicted octanol–water partition coefficient (Wildman–Crippen LogP) is 5.74. The molecule has 0 unspecified atom stereocenters. The average Bonchev–Trinajstić information content (AvgIpc) is 2.64. The maximum absolute atomic E-state index is 12.3. The van der Waals surface area contributed by atoms with Gasteiger partial charge in [-0.2, -0.15) is 0 Å². The van der Waals surface area contributed by atoms with E-state index in [1.54, 1.807) is 0 Å². The van der Waals surface area contributed by atoms with E-state index in [1.807, 2.05) is 67.6 Å². The van der Waals surface area contributed by atoms with Gasteiger partial charge in [-0.15, -0.1) is 0 Å². The smallest absolute Gasteiger partial charge is 0.131 e. The van der Waals surface area contributed by atoms with Crippen molar-refractivity contribution < 1.29 is 4.79 Å². The number of benzene rings is 3. The lowest BCUT2D eigenvalue weighted by Gasteiger charge is -2.34. The highest BCUT2D eigenvalue weighted by molar-refractivity contribution is 9.10. The zero-order valence-corrected chi connectivity index (χ0v) is 15.1. The fraction of sp³-hybridized carbons (Fsp3) is 0.136. The molecular formula is C22H19BrO. The van der Waals surface area contributed by atoms with Crippen molar-refractivity contribution in [3.8, 4) is 0 Å². The molecule has 2 heteroatoms. The molecule has 120 valence electrons.